The fourth-order valence-electron chi connectivity index (χ4n) is 3.51. The van der Waals surface area contributed by atoms with Crippen LogP contribution in [0.3, 0.4) is 0 Å². The second-order valence-corrected chi connectivity index (χ2v) is 8.33. The highest BCUT2D eigenvalue weighted by Crippen LogP contribution is 2.32. The molecule has 2 aliphatic heterocycles. The zero-order valence-corrected chi connectivity index (χ0v) is 14.8. The van der Waals surface area contributed by atoms with Crippen molar-refractivity contribution in [1.82, 2.24) is 4.72 Å². The number of rotatable bonds is 3. The summed E-state index contributed by atoms with van der Waals surface area (Å²) >= 11 is 0. The first-order valence-electron chi connectivity index (χ1n) is 8.70. The average molecular weight is 358 g/mol. The van der Waals surface area contributed by atoms with Crippen LogP contribution in [0.1, 0.15) is 18.4 Å². The van der Waals surface area contributed by atoms with Gasteiger partial charge in [0.25, 0.3) is 0 Å². The Bertz CT molecular complexity index is 846. The van der Waals surface area contributed by atoms with Gasteiger partial charge in [-0.05, 0) is 37.0 Å². The SMILES string of the molecule is O=S1(=O)N[C@H](Cc2ccccc2)COc2cc(N3CCCC3)ccc21. The molecule has 0 aliphatic carbocycles. The van der Waals surface area contributed by atoms with Crippen molar-refractivity contribution < 1.29 is 13.2 Å². The molecule has 2 aromatic rings. The van der Waals surface area contributed by atoms with E-state index in [1.54, 1.807) is 6.07 Å². The largest absolute Gasteiger partial charge is 0.490 e. The van der Waals surface area contributed by atoms with Crippen molar-refractivity contribution in [2.75, 3.05) is 24.6 Å². The third kappa shape index (κ3) is 3.50. The lowest BCUT2D eigenvalue weighted by molar-refractivity contribution is 0.279. The van der Waals surface area contributed by atoms with Crippen LogP contribution < -0.4 is 14.4 Å². The van der Waals surface area contributed by atoms with Gasteiger partial charge in [-0.15, -0.1) is 0 Å². The van der Waals surface area contributed by atoms with Gasteiger partial charge >= 0.3 is 0 Å². The Morgan fingerprint density at radius 2 is 1.84 bits per heavy atom. The summed E-state index contributed by atoms with van der Waals surface area (Å²) in [7, 11) is -3.58. The maximum absolute atomic E-state index is 12.7. The molecule has 1 atom stereocenters. The summed E-state index contributed by atoms with van der Waals surface area (Å²) in [6.07, 6.45) is 2.96. The van der Waals surface area contributed by atoms with Crippen molar-refractivity contribution in [3.8, 4) is 5.75 Å². The van der Waals surface area contributed by atoms with Crippen LogP contribution in [-0.4, -0.2) is 34.2 Å². The molecule has 0 unspecified atom stereocenters. The fraction of sp³-hybridized carbons (Fsp3) is 0.368. The van der Waals surface area contributed by atoms with Crippen molar-refractivity contribution in [3.05, 3.63) is 54.1 Å². The third-order valence-corrected chi connectivity index (χ3v) is 6.33. The van der Waals surface area contributed by atoms with E-state index in [0.717, 1.165) is 24.3 Å². The second kappa shape index (κ2) is 6.69. The van der Waals surface area contributed by atoms with Crippen LogP contribution in [-0.2, 0) is 16.4 Å². The lowest BCUT2D eigenvalue weighted by Crippen LogP contribution is -2.38. The predicted octanol–water partition coefficient (Wildman–Crippen LogP) is 2.57. The Hall–Kier alpha value is -2.05. The molecule has 0 amide bonds. The highest BCUT2D eigenvalue weighted by Gasteiger charge is 2.29. The first kappa shape index (κ1) is 16.4. The van der Waals surface area contributed by atoms with Crippen LogP contribution in [0.15, 0.2) is 53.4 Å². The van der Waals surface area contributed by atoms with Crippen LogP contribution in [0.2, 0.25) is 0 Å². The number of fused-ring (bicyclic) bond motifs is 1. The van der Waals surface area contributed by atoms with E-state index in [2.05, 4.69) is 9.62 Å². The maximum Gasteiger partial charge on any atom is 0.244 e. The Kier molecular flexibility index (Phi) is 4.39. The highest BCUT2D eigenvalue weighted by atomic mass is 32.2. The van der Waals surface area contributed by atoms with E-state index in [1.807, 2.05) is 42.5 Å². The minimum absolute atomic E-state index is 0.228. The van der Waals surface area contributed by atoms with Crippen LogP contribution in [0.25, 0.3) is 0 Å². The van der Waals surface area contributed by atoms with E-state index in [0.29, 0.717) is 18.8 Å². The second-order valence-electron chi connectivity index (χ2n) is 6.64. The standard InChI is InChI=1S/C19H22N2O3S/c22-25(23)19-9-8-17(21-10-4-5-11-21)13-18(19)24-14-16(20-25)12-15-6-2-1-3-7-15/h1-3,6-9,13,16,20H,4-5,10-12,14H2/t16-/m1/s1. The zero-order chi connectivity index (χ0) is 17.3. The molecular formula is C19H22N2O3S. The van der Waals surface area contributed by atoms with Crippen LogP contribution >= 0.6 is 0 Å². The van der Waals surface area contributed by atoms with Crippen molar-refractivity contribution in [1.29, 1.82) is 0 Å². The molecule has 2 aromatic carbocycles. The molecule has 5 nitrogen and oxygen atoms in total. The predicted molar refractivity (Wildman–Crippen MR) is 97.6 cm³/mol. The molecule has 25 heavy (non-hydrogen) atoms. The molecule has 0 radical (unpaired) electrons. The van der Waals surface area contributed by atoms with Crippen molar-refractivity contribution in [2.24, 2.45) is 0 Å². The molecule has 0 bridgehead atoms. The summed E-state index contributed by atoms with van der Waals surface area (Å²) in [6, 6.07) is 15.0. The Morgan fingerprint density at radius 3 is 2.60 bits per heavy atom. The van der Waals surface area contributed by atoms with Crippen LogP contribution in [0.4, 0.5) is 5.69 Å². The van der Waals surface area contributed by atoms with Gasteiger partial charge in [0.05, 0.1) is 6.04 Å². The summed E-state index contributed by atoms with van der Waals surface area (Å²) in [5, 5.41) is 0. The zero-order valence-electron chi connectivity index (χ0n) is 14.0. The molecule has 2 aliphatic rings. The number of benzene rings is 2. The van der Waals surface area contributed by atoms with Gasteiger partial charge in [0.15, 0.2) is 0 Å². The smallest absolute Gasteiger partial charge is 0.244 e. The van der Waals surface area contributed by atoms with E-state index >= 15 is 0 Å². The lowest BCUT2D eigenvalue weighted by Gasteiger charge is -2.19. The molecule has 0 spiro atoms. The van der Waals surface area contributed by atoms with E-state index in [4.69, 9.17) is 4.74 Å². The number of sulfonamides is 1. The number of anilines is 1. The summed E-state index contributed by atoms with van der Waals surface area (Å²) in [5.41, 5.74) is 2.12. The third-order valence-electron chi connectivity index (χ3n) is 4.77. The summed E-state index contributed by atoms with van der Waals surface area (Å²) < 4.78 is 34.1. The van der Waals surface area contributed by atoms with Gasteiger partial charge in [0.1, 0.15) is 17.3 Å². The van der Waals surface area contributed by atoms with Gasteiger partial charge in [-0.1, -0.05) is 30.3 Å². The minimum atomic E-state index is -3.58. The fourth-order valence-corrected chi connectivity index (χ4v) is 4.86. The quantitative estimate of drug-likeness (QED) is 0.916. The Labute approximate surface area is 148 Å². The number of nitrogens with one attached hydrogen (secondary N) is 1. The van der Waals surface area contributed by atoms with Gasteiger partial charge in [0.2, 0.25) is 10.0 Å². The molecule has 0 saturated carbocycles. The normalized spacial score (nSPS) is 22.1. The number of ether oxygens (including phenoxy) is 1. The lowest BCUT2D eigenvalue weighted by atomic mass is 10.1. The average Bonchev–Trinajstić information content (AvgIpc) is 3.11. The summed E-state index contributed by atoms with van der Waals surface area (Å²) in [4.78, 5) is 2.50. The molecule has 132 valence electrons. The molecule has 2 heterocycles. The van der Waals surface area contributed by atoms with Gasteiger partial charge in [-0.2, -0.15) is 0 Å². The topological polar surface area (TPSA) is 58.6 Å². The highest BCUT2D eigenvalue weighted by molar-refractivity contribution is 7.89. The van der Waals surface area contributed by atoms with Crippen LogP contribution in [0, 0.1) is 0 Å². The summed E-state index contributed by atoms with van der Waals surface area (Å²) in [6.45, 7) is 2.35. The van der Waals surface area contributed by atoms with Gasteiger partial charge in [0, 0.05) is 24.8 Å². The van der Waals surface area contributed by atoms with Gasteiger partial charge in [-0.3, -0.25) is 0 Å². The monoisotopic (exact) mass is 358 g/mol. The molecule has 1 saturated heterocycles. The van der Waals surface area contributed by atoms with E-state index in [9.17, 15) is 8.42 Å². The number of nitrogens with zero attached hydrogens (tertiary/aromatic N) is 1. The van der Waals surface area contributed by atoms with Gasteiger partial charge < -0.3 is 9.64 Å². The maximum atomic E-state index is 12.7. The number of hydrogen-bond donors (Lipinski definition) is 1. The molecular weight excluding hydrogens is 336 g/mol. The Morgan fingerprint density at radius 1 is 1.08 bits per heavy atom. The van der Waals surface area contributed by atoms with Crippen LogP contribution in [0.5, 0.6) is 5.75 Å². The van der Waals surface area contributed by atoms with Gasteiger partial charge in [-0.25, -0.2) is 13.1 Å². The minimum Gasteiger partial charge on any atom is -0.490 e. The molecule has 4 rings (SSSR count). The number of hydrogen-bond acceptors (Lipinski definition) is 4. The van der Waals surface area contributed by atoms with E-state index < -0.39 is 10.0 Å². The van der Waals surface area contributed by atoms with Crippen molar-refractivity contribution >= 4 is 15.7 Å². The first-order chi connectivity index (χ1) is 12.1. The Balaban J connectivity index is 1.59. The van der Waals surface area contributed by atoms with Crippen molar-refractivity contribution in [2.45, 2.75) is 30.2 Å². The van der Waals surface area contributed by atoms with Crippen molar-refractivity contribution in [3.63, 3.8) is 0 Å². The molecule has 1 fully saturated rings. The molecule has 0 aromatic heterocycles. The molecule has 1 N–H and O–H groups in total. The van der Waals surface area contributed by atoms with E-state index in [1.165, 1.54) is 12.8 Å². The summed E-state index contributed by atoms with van der Waals surface area (Å²) in [5.74, 6) is 0.451. The first-order valence-corrected chi connectivity index (χ1v) is 10.2. The molecule has 6 heteroatoms. The van der Waals surface area contributed by atoms with E-state index in [-0.39, 0.29) is 10.9 Å².